The minimum Gasteiger partial charge on any atom is -0.493 e. The predicted molar refractivity (Wildman–Crippen MR) is 124 cm³/mol. The van der Waals surface area contributed by atoms with Gasteiger partial charge in [0.05, 0.1) is 14.2 Å². The fraction of sp³-hybridized carbons (Fsp3) is 0.526. The Morgan fingerprint density at radius 1 is 1.24 bits per heavy atom. The summed E-state index contributed by atoms with van der Waals surface area (Å²) in [6, 6.07) is 5.58. The van der Waals surface area contributed by atoms with Crippen LogP contribution >= 0.6 is 24.0 Å². The summed E-state index contributed by atoms with van der Waals surface area (Å²) < 4.78 is 13.9. The molecule has 1 aliphatic heterocycles. The van der Waals surface area contributed by atoms with Crippen LogP contribution in [0.1, 0.15) is 25.1 Å². The number of methoxy groups -OCH3 is 2. The minimum atomic E-state index is 0. The predicted octanol–water partition coefficient (Wildman–Crippen LogP) is 2.09. The summed E-state index contributed by atoms with van der Waals surface area (Å²) in [5, 5.41) is 10.9. The van der Waals surface area contributed by atoms with E-state index in [4.69, 9.17) is 9.47 Å². The van der Waals surface area contributed by atoms with Crippen LogP contribution in [0.3, 0.4) is 0 Å². The number of hydrogen-bond acceptors (Lipinski definition) is 5. The SMILES string of the molecule is CN=C(NCCCn1nc2n(c1=O)CCCC2)Nc1ccc(OC)c(OC)c1.I. The molecule has 0 aliphatic carbocycles. The number of nitrogens with zero attached hydrogens (tertiary/aromatic N) is 4. The van der Waals surface area contributed by atoms with Crippen LogP contribution in [-0.4, -0.2) is 48.1 Å². The molecule has 29 heavy (non-hydrogen) atoms. The van der Waals surface area contributed by atoms with Crippen LogP contribution in [0.15, 0.2) is 28.0 Å². The van der Waals surface area contributed by atoms with Gasteiger partial charge < -0.3 is 20.1 Å². The van der Waals surface area contributed by atoms with Gasteiger partial charge in [0.1, 0.15) is 5.82 Å². The van der Waals surface area contributed by atoms with Crippen LogP contribution in [-0.2, 0) is 19.5 Å². The van der Waals surface area contributed by atoms with Crippen molar-refractivity contribution in [1.29, 1.82) is 0 Å². The van der Waals surface area contributed by atoms with Gasteiger partial charge in [-0.2, -0.15) is 5.10 Å². The van der Waals surface area contributed by atoms with Gasteiger partial charge in [0, 0.05) is 44.9 Å². The van der Waals surface area contributed by atoms with E-state index in [0.29, 0.717) is 30.5 Å². The van der Waals surface area contributed by atoms with Crippen molar-refractivity contribution in [2.45, 2.75) is 38.8 Å². The van der Waals surface area contributed by atoms with Crippen molar-refractivity contribution in [3.05, 3.63) is 34.5 Å². The van der Waals surface area contributed by atoms with Crippen molar-refractivity contribution in [2.24, 2.45) is 4.99 Å². The molecule has 0 radical (unpaired) electrons. The monoisotopic (exact) mass is 516 g/mol. The zero-order chi connectivity index (χ0) is 19.9. The van der Waals surface area contributed by atoms with Crippen molar-refractivity contribution in [3.8, 4) is 11.5 Å². The fourth-order valence-electron chi connectivity index (χ4n) is 3.26. The lowest BCUT2D eigenvalue weighted by atomic mass is 10.2. The molecule has 2 N–H and O–H groups in total. The third kappa shape index (κ3) is 5.64. The lowest BCUT2D eigenvalue weighted by Gasteiger charge is -2.14. The highest BCUT2D eigenvalue weighted by atomic mass is 127. The van der Waals surface area contributed by atoms with Gasteiger partial charge in [-0.15, -0.1) is 24.0 Å². The van der Waals surface area contributed by atoms with Gasteiger partial charge in [0.25, 0.3) is 0 Å². The molecule has 10 heteroatoms. The van der Waals surface area contributed by atoms with Crippen molar-refractivity contribution in [3.63, 3.8) is 0 Å². The number of benzene rings is 1. The first-order valence-corrected chi connectivity index (χ1v) is 9.52. The largest absolute Gasteiger partial charge is 0.493 e. The molecule has 3 rings (SSSR count). The highest BCUT2D eigenvalue weighted by molar-refractivity contribution is 14.0. The smallest absolute Gasteiger partial charge is 0.345 e. The number of aromatic nitrogens is 3. The molecule has 2 heterocycles. The summed E-state index contributed by atoms with van der Waals surface area (Å²) in [6.45, 7) is 2.04. The Kier molecular flexibility index (Phi) is 8.80. The average molecular weight is 516 g/mol. The Hall–Kier alpha value is -2.24. The Balaban J connectivity index is 0.00000300. The number of guanidine groups is 1. The molecule has 0 spiro atoms. The van der Waals surface area contributed by atoms with E-state index in [2.05, 4.69) is 20.7 Å². The molecule has 9 nitrogen and oxygen atoms in total. The van der Waals surface area contributed by atoms with Crippen molar-refractivity contribution >= 4 is 35.6 Å². The standard InChI is InChI=1S/C19H28N6O3.HI/c1-20-18(22-14-8-9-15(27-2)16(13-14)28-3)21-10-6-12-25-19(26)24-11-5-4-7-17(24)23-25;/h8-9,13H,4-7,10-12H2,1-3H3,(H2,20,21,22);1H. The Morgan fingerprint density at radius 3 is 2.72 bits per heavy atom. The third-order valence-corrected chi connectivity index (χ3v) is 4.74. The lowest BCUT2D eigenvalue weighted by Crippen LogP contribution is -2.33. The van der Waals surface area contributed by atoms with Crippen LogP contribution < -0.4 is 25.8 Å². The zero-order valence-corrected chi connectivity index (χ0v) is 19.4. The van der Waals surface area contributed by atoms with E-state index in [1.54, 1.807) is 30.5 Å². The van der Waals surface area contributed by atoms with Crippen LogP contribution in [0, 0.1) is 0 Å². The molecule has 0 unspecified atom stereocenters. The number of hydrogen-bond donors (Lipinski definition) is 2. The number of fused-ring (bicyclic) bond motifs is 1. The lowest BCUT2D eigenvalue weighted by molar-refractivity contribution is 0.355. The summed E-state index contributed by atoms with van der Waals surface area (Å²) in [5.74, 6) is 2.87. The van der Waals surface area contributed by atoms with E-state index in [1.165, 1.54) is 0 Å². The molecule has 1 aromatic heterocycles. The van der Waals surface area contributed by atoms with Gasteiger partial charge in [0.15, 0.2) is 17.5 Å². The first-order valence-electron chi connectivity index (χ1n) is 9.52. The second kappa shape index (κ2) is 11.1. The quantitative estimate of drug-likeness (QED) is 0.254. The van der Waals surface area contributed by atoms with E-state index in [-0.39, 0.29) is 29.7 Å². The molecule has 1 aromatic carbocycles. The maximum atomic E-state index is 12.3. The maximum Gasteiger partial charge on any atom is 0.345 e. The second-order valence-electron chi connectivity index (χ2n) is 6.58. The summed E-state index contributed by atoms with van der Waals surface area (Å²) in [5.41, 5.74) is 0.839. The number of aryl methyl sites for hydroxylation is 2. The van der Waals surface area contributed by atoms with Gasteiger partial charge in [-0.1, -0.05) is 0 Å². The molecule has 0 atom stereocenters. The first kappa shape index (κ1) is 23.0. The first-order chi connectivity index (χ1) is 13.7. The van der Waals surface area contributed by atoms with Gasteiger partial charge in [0.2, 0.25) is 0 Å². The molecule has 0 fully saturated rings. The van der Waals surface area contributed by atoms with E-state index in [0.717, 1.165) is 43.7 Å². The minimum absolute atomic E-state index is 0. The summed E-state index contributed by atoms with van der Waals surface area (Å²) in [7, 11) is 4.92. The number of anilines is 1. The highest BCUT2D eigenvalue weighted by Crippen LogP contribution is 2.29. The molecule has 160 valence electrons. The van der Waals surface area contributed by atoms with Crippen molar-refractivity contribution in [2.75, 3.05) is 33.1 Å². The normalized spacial score (nSPS) is 13.3. The second-order valence-corrected chi connectivity index (χ2v) is 6.58. The van der Waals surface area contributed by atoms with Gasteiger partial charge >= 0.3 is 5.69 Å². The molecular weight excluding hydrogens is 487 g/mol. The Morgan fingerprint density at radius 2 is 2.03 bits per heavy atom. The number of halogens is 1. The number of aliphatic imine (C=N–C) groups is 1. The highest BCUT2D eigenvalue weighted by Gasteiger charge is 2.16. The van der Waals surface area contributed by atoms with E-state index < -0.39 is 0 Å². The summed E-state index contributed by atoms with van der Waals surface area (Å²) in [6.07, 6.45) is 3.82. The van der Waals surface area contributed by atoms with E-state index in [9.17, 15) is 4.79 Å². The summed E-state index contributed by atoms with van der Waals surface area (Å²) >= 11 is 0. The fourth-order valence-corrected chi connectivity index (χ4v) is 3.26. The topological polar surface area (TPSA) is 94.7 Å². The molecule has 0 amide bonds. The van der Waals surface area contributed by atoms with Crippen LogP contribution in [0.4, 0.5) is 5.69 Å². The Bertz CT molecular complexity index is 893. The molecule has 0 bridgehead atoms. The van der Waals surface area contributed by atoms with E-state index in [1.807, 2.05) is 18.2 Å². The van der Waals surface area contributed by atoms with Gasteiger partial charge in [-0.3, -0.25) is 9.56 Å². The number of nitrogens with one attached hydrogen (secondary N) is 2. The molecular formula is C19H29IN6O3. The van der Waals surface area contributed by atoms with E-state index >= 15 is 0 Å². The molecule has 0 saturated heterocycles. The van der Waals surface area contributed by atoms with Crippen molar-refractivity contribution < 1.29 is 9.47 Å². The summed E-state index contributed by atoms with van der Waals surface area (Å²) in [4.78, 5) is 16.6. The van der Waals surface area contributed by atoms with Crippen LogP contribution in [0.5, 0.6) is 11.5 Å². The van der Waals surface area contributed by atoms with Gasteiger partial charge in [-0.05, 0) is 31.4 Å². The average Bonchev–Trinajstić information content (AvgIpc) is 3.05. The van der Waals surface area contributed by atoms with Crippen LogP contribution in [0.2, 0.25) is 0 Å². The van der Waals surface area contributed by atoms with Crippen molar-refractivity contribution in [1.82, 2.24) is 19.7 Å². The third-order valence-electron chi connectivity index (χ3n) is 4.74. The zero-order valence-electron chi connectivity index (χ0n) is 17.1. The number of rotatable bonds is 7. The number of ether oxygens (including phenoxy) is 2. The Labute approximate surface area is 187 Å². The molecule has 1 aliphatic rings. The molecule has 0 saturated carbocycles. The van der Waals surface area contributed by atoms with Gasteiger partial charge in [-0.25, -0.2) is 9.48 Å². The maximum absolute atomic E-state index is 12.3. The molecule has 2 aromatic rings. The van der Waals surface area contributed by atoms with Crippen LogP contribution in [0.25, 0.3) is 0 Å².